The van der Waals surface area contributed by atoms with Crippen molar-refractivity contribution >= 4 is 22.8 Å². The topological polar surface area (TPSA) is 37.2 Å². The molecule has 1 aromatic carbocycles. The number of halogens is 1. The molecule has 0 saturated carbocycles. The molecule has 4 rings (SSSR count). The summed E-state index contributed by atoms with van der Waals surface area (Å²) in [5.74, 6) is 1.53. The summed E-state index contributed by atoms with van der Waals surface area (Å²) in [6.07, 6.45) is 1.27. The number of rotatable bonds is 2. The van der Waals surface area contributed by atoms with E-state index in [2.05, 4.69) is 32.5 Å². The van der Waals surface area contributed by atoms with Crippen molar-refractivity contribution in [3.63, 3.8) is 0 Å². The quantitative estimate of drug-likeness (QED) is 0.728. The van der Waals surface area contributed by atoms with E-state index in [0.29, 0.717) is 0 Å². The van der Waals surface area contributed by atoms with Crippen LogP contribution in [0.1, 0.15) is 0 Å². The predicted molar refractivity (Wildman–Crippen MR) is 89.3 cm³/mol. The number of hydrogen-bond donors (Lipinski definition) is 0. The number of hydrogen-bond acceptors (Lipinski definition) is 4. The maximum absolute atomic E-state index is 13.0. The summed E-state index contributed by atoms with van der Waals surface area (Å²) in [6.45, 7) is 3.44. The zero-order chi connectivity index (χ0) is 15.8. The van der Waals surface area contributed by atoms with Gasteiger partial charge >= 0.3 is 0 Å². The molecule has 0 amide bonds. The normalized spacial score (nSPS) is 15.4. The van der Waals surface area contributed by atoms with Crippen molar-refractivity contribution in [3.8, 4) is 0 Å². The molecule has 0 atom stereocenters. The van der Waals surface area contributed by atoms with E-state index in [1.807, 2.05) is 18.2 Å². The van der Waals surface area contributed by atoms with E-state index >= 15 is 0 Å². The largest absolute Gasteiger partial charge is 0.353 e. The number of anilines is 2. The highest BCUT2D eigenvalue weighted by atomic mass is 19.1. The van der Waals surface area contributed by atoms with E-state index in [1.165, 1.54) is 12.3 Å². The second-order valence-corrected chi connectivity index (χ2v) is 5.77. The van der Waals surface area contributed by atoms with Crippen molar-refractivity contribution in [2.24, 2.45) is 7.05 Å². The van der Waals surface area contributed by atoms with Crippen LogP contribution in [0.3, 0.4) is 0 Å². The average molecular weight is 311 g/mol. The first-order valence-electron chi connectivity index (χ1n) is 7.75. The van der Waals surface area contributed by atoms with E-state index in [0.717, 1.165) is 49.0 Å². The first kappa shape index (κ1) is 14.0. The molecule has 118 valence electrons. The van der Waals surface area contributed by atoms with Crippen LogP contribution in [-0.2, 0) is 7.05 Å². The third-order valence-electron chi connectivity index (χ3n) is 4.36. The maximum Gasteiger partial charge on any atom is 0.206 e. The van der Waals surface area contributed by atoms with Crippen molar-refractivity contribution in [1.82, 2.24) is 14.5 Å². The molecule has 6 heteroatoms. The number of imidazole rings is 1. The van der Waals surface area contributed by atoms with Gasteiger partial charge in [0.15, 0.2) is 0 Å². The van der Waals surface area contributed by atoms with Crippen LogP contribution in [0.5, 0.6) is 0 Å². The van der Waals surface area contributed by atoms with E-state index in [1.54, 1.807) is 6.07 Å². The highest BCUT2D eigenvalue weighted by Gasteiger charge is 2.21. The summed E-state index contributed by atoms with van der Waals surface area (Å²) >= 11 is 0. The van der Waals surface area contributed by atoms with Gasteiger partial charge in [-0.05, 0) is 24.3 Å². The molecule has 0 N–H and O–H groups in total. The number of pyridine rings is 1. The molecule has 3 heterocycles. The third-order valence-corrected chi connectivity index (χ3v) is 4.36. The Hall–Kier alpha value is -2.63. The van der Waals surface area contributed by atoms with Crippen LogP contribution in [0.4, 0.5) is 16.2 Å². The minimum atomic E-state index is -0.299. The van der Waals surface area contributed by atoms with Crippen LogP contribution in [0.25, 0.3) is 11.0 Å². The van der Waals surface area contributed by atoms with E-state index < -0.39 is 0 Å². The molecule has 5 nitrogen and oxygen atoms in total. The fourth-order valence-electron chi connectivity index (χ4n) is 3.11. The van der Waals surface area contributed by atoms with Crippen LogP contribution >= 0.6 is 0 Å². The Morgan fingerprint density at radius 2 is 1.70 bits per heavy atom. The highest BCUT2D eigenvalue weighted by molar-refractivity contribution is 5.78. The van der Waals surface area contributed by atoms with Gasteiger partial charge in [-0.3, -0.25) is 0 Å². The van der Waals surface area contributed by atoms with Gasteiger partial charge in [0.1, 0.15) is 11.6 Å². The molecule has 0 aliphatic carbocycles. The van der Waals surface area contributed by atoms with Gasteiger partial charge in [-0.25, -0.2) is 14.4 Å². The second kappa shape index (κ2) is 5.53. The van der Waals surface area contributed by atoms with Crippen LogP contribution in [0, 0.1) is 5.82 Å². The molecule has 0 unspecified atom stereocenters. The molecule has 1 fully saturated rings. The lowest BCUT2D eigenvalue weighted by molar-refractivity contribution is 0.610. The average Bonchev–Trinajstić information content (AvgIpc) is 2.93. The highest BCUT2D eigenvalue weighted by Crippen LogP contribution is 2.23. The fraction of sp³-hybridized carbons (Fsp3) is 0.294. The number of para-hydroxylation sites is 2. The molecule has 0 spiro atoms. The molecule has 23 heavy (non-hydrogen) atoms. The van der Waals surface area contributed by atoms with Crippen LogP contribution in [-0.4, -0.2) is 40.7 Å². The van der Waals surface area contributed by atoms with Gasteiger partial charge in [0, 0.05) is 33.2 Å². The summed E-state index contributed by atoms with van der Waals surface area (Å²) in [4.78, 5) is 13.4. The molecular weight excluding hydrogens is 293 g/mol. The Morgan fingerprint density at radius 1 is 0.957 bits per heavy atom. The van der Waals surface area contributed by atoms with E-state index in [4.69, 9.17) is 4.98 Å². The number of fused-ring (bicyclic) bond motifs is 1. The monoisotopic (exact) mass is 311 g/mol. The van der Waals surface area contributed by atoms with Gasteiger partial charge < -0.3 is 14.4 Å². The first-order chi connectivity index (χ1) is 11.2. The lowest BCUT2D eigenvalue weighted by Crippen LogP contribution is -2.47. The molecular formula is C17H18FN5. The van der Waals surface area contributed by atoms with Crippen LogP contribution in [0.2, 0.25) is 0 Å². The SMILES string of the molecule is Cn1c(N2CCN(c3ccc(F)cn3)CC2)nc2ccccc21. The number of benzene rings is 1. The van der Waals surface area contributed by atoms with Gasteiger partial charge in [0.05, 0.1) is 17.2 Å². The number of aryl methyl sites for hydroxylation is 1. The van der Waals surface area contributed by atoms with Crippen molar-refractivity contribution in [2.75, 3.05) is 36.0 Å². The zero-order valence-corrected chi connectivity index (χ0v) is 13.0. The van der Waals surface area contributed by atoms with Gasteiger partial charge in [-0.1, -0.05) is 12.1 Å². The molecule has 1 saturated heterocycles. The zero-order valence-electron chi connectivity index (χ0n) is 13.0. The van der Waals surface area contributed by atoms with Gasteiger partial charge in [-0.2, -0.15) is 0 Å². The minimum absolute atomic E-state index is 0.299. The fourth-order valence-corrected chi connectivity index (χ4v) is 3.11. The first-order valence-corrected chi connectivity index (χ1v) is 7.75. The molecule has 1 aliphatic rings. The molecule has 2 aromatic heterocycles. The summed E-state index contributed by atoms with van der Waals surface area (Å²) in [7, 11) is 2.05. The van der Waals surface area contributed by atoms with Gasteiger partial charge in [0.2, 0.25) is 5.95 Å². The molecule has 3 aromatic rings. The van der Waals surface area contributed by atoms with Crippen molar-refractivity contribution in [2.45, 2.75) is 0 Å². The number of aromatic nitrogens is 3. The lowest BCUT2D eigenvalue weighted by Gasteiger charge is -2.35. The Bertz CT molecular complexity index is 819. The van der Waals surface area contributed by atoms with E-state index in [9.17, 15) is 4.39 Å². The Balaban J connectivity index is 1.52. The predicted octanol–water partition coefficient (Wildman–Crippen LogP) is 2.43. The number of piperazine rings is 1. The lowest BCUT2D eigenvalue weighted by atomic mass is 10.3. The van der Waals surface area contributed by atoms with Crippen molar-refractivity contribution < 1.29 is 4.39 Å². The van der Waals surface area contributed by atoms with Crippen LogP contribution < -0.4 is 9.80 Å². The smallest absolute Gasteiger partial charge is 0.206 e. The Morgan fingerprint density at radius 3 is 2.39 bits per heavy atom. The minimum Gasteiger partial charge on any atom is -0.353 e. The van der Waals surface area contributed by atoms with Gasteiger partial charge in [-0.15, -0.1) is 0 Å². The summed E-state index contributed by atoms with van der Waals surface area (Å²) < 4.78 is 15.1. The molecule has 1 aliphatic heterocycles. The standard InChI is InChI=1S/C17H18FN5/c1-21-15-5-3-2-4-14(15)20-17(21)23-10-8-22(9-11-23)16-7-6-13(18)12-19-16/h2-7,12H,8-11H2,1H3. The Labute approximate surface area is 134 Å². The second-order valence-electron chi connectivity index (χ2n) is 5.77. The third kappa shape index (κ3) is 2.50. The molecule has 0 radical (unpaired) electrons. The van der Waals surface area contributed by atoms with Crippen molar-refractivity contribution in [1.29, 1.82) is 0 Å². The van der Waals surface area contributed by atoms with Crippen LogP contribution in [0.15, 0.2) is 42.6 Å². The van der Waals surface area contributed by atoms with Crippen molar-refractivity contribution in [3.05, 3.63) is 48.4 Å². The summed E-state index contributed by atoms with van der Waals surface area (Å²) in [5.41, 5.74) is 2.16. The van der Waals surface area contributed by atoms with Gasteiger partial charge in [0.25, 0.3) is 0 Å². The maximum atomic E-state index is 13.0. The van der Waals surface area contributed by atoms with E-state index in [-0.39, 0.29) is 5.82 Å². The number of nitrogens with zero attached hydrogens (tertiary/aromatic N) is 5. The summed E-state index contributed by atoms with van der Waals surface area (Å²) in [5, 5.41) is 0. The summed E-state index contributed by atoms with van der Waals surface area (Å²) in [6, 6.07) is 11.4. The Kier molecular flexibility index (Phi) is 3.37. The molecule has 0 bridgehead atoms.